The number of halogens is 3. The molecule has 0 radical (unpaired) electrons. The van der Waals surface area contributed by atoms with E-state index in [1.54, 1.807) is 18.2 Å². The highest BCUT2D eigenvalue weighted by atomic mass is 35.6. The molecule has 2 saturated heterocycles. The van der Waals surface area contributed by atoms with Crippen LogP contribution in [0, 0.1) is 0 Å². The van der Waals surface area contributed by atoms with E-state index in [0.29, 0.717) is 25.7 Å². The number of hydrogen-bond donors (Lipinski definition) is 0. The van der Waals surface area contributed by atoms with Crippen LogP contribution in [0.3, 0.4) is 0 Å². The van der Waals surface area contributed by atoms with Crippen molar-refractivity contribution in [1.82, 2.24) is 4.90 Å². The second-order valence-electron chi connectivity index (χ2n) is 7.85. The monoisotopic (exact) mass is 495 g/mol. The summed E-state index contributed by atoms with van der Waals surface area (Å²) < 4.78 is 30.6. The van der Waals surface area contributed by atoms with E-state index in [1.807, 2.05) is 6.92 Å². The summed E-state index contributed by atoms with van der Waals surface area (Å²) in [6, 6.07) is 7.47. The quantitative estimate of drug-likeness (QED) is 0.533. The standard InChI is InChI=1S/C20H24Cl3NO5S/c1-2-3-10-19-11-9-14(24(19)18(26)29-13-20(21,22)23)12-16(25)17(19)30(27,28)15-7-5-4-6-8-15/h4-8,14,17H,2-3,9-13H2,1H3/t14-,17-,19+/m1/s1. The smallest absolute Gasteiger partial charge is 0.410 e. The molecule has 10 heteroatoms. The number of hydrogen-bond acceptors (Lipinski definition) is 5. The molecule has 30 heavy (non-hydrogen) atoms. The van der Waals surface area contributed by atoms with Crippen molar-refractivity contribution in [2.75, 3.05) is 6.61 Å². The number of Topliss-reactive ketones (excluding diaryl/α,β-unsaturated/α-hetero) is 1. The van der Waals surface area contributed by atoms with Crippen LogP contribution >= 0.6 is 34.8 Å². The number of carbonyl (C=O) groups is 2. The fraction of sp³-hybridized carbons (Fsp3) is 0.600. The first-order chi connectivity index (χ1) is 14.0. The van der Waals surface area contributed by atoms with Gasteiger partial charge in [0.1, 0.15) is 11.9 Å². The highest BCUT2D eigenvalue weighted by molar-refractivity contribution is 7.93. The predicted molar refractivity (Wildman–Crippen MR) is 116 cm³/mol. The molecule has 6 nitrogen and oxygen atoms in total. The number of nitrogens with zero attached hydrogens (tertiary/aromatic N) is 1. The average Bonchev–Trinajstić information content (AvgIpc) is 2.95. The molecule has 0 unspecified atom stereocenters. The Labute approximate surface area is 191 Å². The lowest BCUT2D eigenvalue weighted by Crippen LogP contribution is -2.66. The highest BCUT2D eigenvalue weighted by Gasteiger charge is 2.63. The van der Waals surface area contributed by atoms with Crippen LogP contribution in [0.15, 0.2) is 35.2 Å². The lowest BCUT2D eigenvalue weighted by Gasteiger charge is -2.48. The minimum atomic E-state index is -4.02. The van der Waals surface area contributed by atoms with Crippen molar-refractivity contribution >= 4 is 56.5 Å². The summed E-state index contributed by atoms with van der Waals surface area (Å²) in [4.78, 5) is 27.6. The molecule has 0 spiro atoms. The summed E-state index contributed by atoms with van der Waals surface area (Å²) in [7, 11) is -4.02. The summed E-state index contributed by atoms with van der Waals surface area (Å²) in [5, 5.41) is -1.35. The largest absolute Gasteiger partial charge is 0.445 e. The number of fused-ring (bicyclic) bond motifs is 2. The Kier molecular flexibility index (Phi) is 6.97. The summed E-state index contributed by atoms with van der Waals surface area (Å²) >= 11 is 17.1. The first-order valence-electron chi connectivity index (χ1n) is 9.87. The molecule has 0 aromatic heterocycles. The third kappa shape index (κ3) is 4.45. The topological polar surface area (TPSA) is 80.8 Å². The van der Waals surface area contributed by atoms with Crippen molar-refractivity contribution in [2.45, 2.75) is 71.0 Å². The molecule has 2 bridgehead atoms. The maximum Gasteiger partial charge on any atom is 0.410 e. The Bertz CT molecular complexity index is 903. The molecule has 1 aromatic rings. The van der Waals surface area contributed by atoms with E-state index in [9.17, 15) is 18.0 Å². The third-order valence-corrected chi connectivity index (χ3v) is 8.45. The van der Waals surface area contributed by atoms with E-state index in [4.69, 9.17) is 39.5 Å². The van der Waals surface area contributed by atoms with Gasteiger partial charge >= 0.3 is 6.09 Å². The number of alkyl halides is 3. The number of rotatable bonds is 6. The van der Waals surface area contributed by atoms with Crippen molar-refractivity contribution < 1.29 is 22.7 Å². The van der Waals surface area contributed by atoms with Crippen LogP contribution in [0.4, 0.5) is 4.79 Å². The zero-order valence-electron chi connectivity index (χ0n) is 16.5. The van der Waals surface area contributed by atoms with Crippen LogP contribution in [-0.4, -0.2) is 52.4 Å². The lowest BCUT2D eigenvalue weighted by atomic mass is 9.82. The normalized spacial score (nSPS) is 26.7. The molecule has 0 N–H and O–H groups in total. The molecule has 166 valence electrons. The van der Waals surface area contributed by atoms with Gasteiger partial charge in [-0.2, -0.15) is 0 Å². The van der Waals surface area contributed by atoms with E-state index in [1.165, 1.54) is 17.0 Å². The molecular weight excluding hydrogens is 473 g/mol. The van der Waals surface area contributed by atoms with Gasteiger partial charge in [0.2, 0.25) is 3.79 Å². The van der Waals surface area contributed by atoms with Crippen molar-refractivity contribution in [2.24, 2.45) is 0 Å². The Balaban J connectivity index is 2.05. The van der Waals surface area contributed by atoms with Crippen LogP contribution in [0.2, 0.25) is 0 Å². The third-order valence-electron chi connectivity index (χ3n) is 5.87. The molecule has 2 fully saturated rings. The predicted octanol–water partition coefficient (Wildman–Crippen LogP) is 4.70. The molecular formula is C20H24Cl3NO5S. The maximum absolute atomic E-state index is 13.6. The van der Waals surface area contributed by atoms with Crippen molar-refractivity contribution in [3.05, 3.63) is 30.3 Å². The van der Waals surface area contributed by atoms with Gasteiger partial charge in [0.15, 0.2) is 15.6 Å². The van der Waals surface area contributed by atoms with Gasteiger partial charge in [0, 0.05) is 12.5 Å². The van der Waals surface area contributed by atoms with Gasteiger partial charge in [0.25, 0.3) is 0 Å². The highest BCUT2D eigenvalue weighted by Crippen LogP contribution is 2.49. The van der Waals surface area contributed by atoms with Crippen molar-refractivity contribution in [1.29, 1.82) is 0 Å². The van der Waals surface area contributed by atoms with Gasteiger partial charge < -0.3 is 4.74 Å². The number of sulfone groups is 1. The number of ether oxygens (including phenoxy) is 1. The number of ketones is 1. The minimum Gasteiger partial charge on any atom is -0.445 e. The summed E-state index contributed by atoms with van der Waals surface area (Å²) in [6.45, 7) is 1.51. The van der Waals surface area contributed by atoms with Crippen LogP contribution in [0.1, 0.15) is 45.4 Å². The molecule has 3 atom stereocenters. The number of piperidine rings is 1. The van der Waals surface area contributed by atoms with E-state index >= 15 is 0 Å². The maximum atomic E-state index is 13.6. The van der Waals surface area contributed by atoms with Gasteiger partial charge in [-0.15, -0.1) is 0 Å². The van der Waals surface area contributed by atoms with Gasteiger partial charge in [-0.25, -0.2) is 13.2 Å². The minimum absolute atomic E-state index is 0.0343. The number of carbonyl (C=O) groups excluding carboxylic acids is 2. The fourth-order valence-electron chi connectivity index (χ4n) is 4.73. The molecule has 3 rings (SSSR count). The first kappa shape index (κ1) is 23.6. The number of unbranched alkanes of at least 4 members (excludes halogenated alkanes) is 1. The summed E-state index contributed by atoms with van der Waals surface area (Å²) in [5.74, 6) is -0.358. The molecule has 2 aliphatic rings. The van der Waals surface area contributed by atoms with Crippen LogP contribution < -0.4 is 0 Å². The van der Waals surface area contributed by atoms with Crippen molar-refractivity contribution in [3.8, 4) is 0 Å². The molecule has 0 saturated carbocycles. The Morgan fingerprint density at radius 1 is 1.27 bits per heavy atom. The summed E-state index contributed by atoms with van der Waals surface area (Å²) in [6.07, 6.45) is 1.98. The molecule has 0 aliphatic carbocycles. The lowest BCUT2D eigenvalue weighted by molar-refractivity contribution is -0.125. The fourth-order valence-corrected chi connectivity index (χ4v) is 7.07. The SMILES string of the molecule is CCCC[C@]12CC[C@H](CC(=O)[C@H]1S(=O)(=O)c1ccccc1)N2C(=O)OCC(Cl)(Cl)Cl. The molecule has 2 heterocycles. The number of amides is 1. The second-order valence-corrected chi connectivity index (χ2v) is 12.4. The van der Waals surface area contributed by atoms with Gasteiger partial charge in [0.05, 0.1) is 10.4 Å². The van der Waals surface area contributed by atoms with E-state index < -0.39 is 43.2 Å². The molecule has 1 aromatic carbocycles. The summed E-state index contributed by atoms with van der Waals surface area (Å²) in [5.41, 5.74) is -1.17. The van der Waals surface area contributed by atoms with Gasteiger partial charge in [-0.05, 0) is 31.4 Å². The first-order valence-corrected chi connectivity index (χ1v) is 12.6. The van der Waals surface area contributed by atoms with E-state index in [-0.39, 0.29) is 17.1 Å². The zero-order valence-corrected chi connectivity index (χ0v) is 19.6. The Hall–Kier alpha value is -1.02. The van der Waals surface area contributed by atoms with E-state index in [0.717, 1.165) is 6.42 Å². The van der Waals surface area contributed by atoms with Crippen molar-refractivity contribution in [3.63, 3.8) is 0 Å². The average molecular weight is 497 g/mol. The van der Waals surface area contributed by atoms with Gasteiger partial charge in [-0.3, -0.25) is 9.69 Å². The van der Waals surface area contributed by atoms with Crippen LogP contribution in [0.25, 0.3) is 0 Å². The molecule has 1 amide bonds. The second kappa shape index (κ2) is 8.85. The zero-order chi connectivity index (χ0) is 22.2. The van der Waals surface area contributed by atoms with Crippen LogP contribution in [-0.2, 0) is 19.4 Å². The van der Waals surface area contributed by atoms with E-state index in [2.05, 4.69) is 0 Å². The van der Waals surface area contributed by atoms with Gasteiger partial charge in [-0.1, -0.05) is 72.8 Å². The van der Waals surface area contributed by atoms with Crippen LogP contribution in [0.5, 0.6) is 0 Å². The Morgan fingerprint density at radius 2 is 1.93 bits per heavy atom. The Morgan fingerprint density at radius 3 is 2.53 bits per heavy atom. The molecule has 2 aliphatic heterocycles. The number of benzene rings is 1.